The molecule has 0 saturated heterocycles. The molecule has 0 bridgehead atoms. The Balaban J connectivity index is -0.0000000650. The molecule has 0 radical (unpaired) electrons. The van der Waals surface area contributed by atoms with Gasteiger partial charge in [-0.25, -0.2) is 0 Å². The average molecular weight is 1530 g/mol. The van der Waals surface area contributed by atoms with Crippen molar-refractivity contribution in [2.75, 3.05) is 0 Å². The van der Waals surface area contributed by atoms with Crippen LogP contribution in [-0.2, 0) is 288 Å². The van der Waals surface area contributed by atoms with Gasteiger partial charge in [0.05, 0.1) is 0 Å². The van der Waals surface area contributed by atoms with Crippen LogP contribution in [-0.4, -0.2) is 22.2 Å². The van der Waals surface area contributed by atoms with E-state index in [9.17, 15) is 0 Å². The molecule has 0 aromatic carbocycles. The van der Waals surface area contributed by atoms with Gasteiger partial charge in [-0.1, -0.05) is 58.0 Å². The summed E-state index contributed by atoms with van der Waals surface area (Å²) < 4.78 is 0. The van der Waals surface area contributed by atoms with Crippen LogP contribution in [0.1, 0.15) is 69.2 Å². The maximum Gasteiger partial charge on any atom is 0.300 e. The minimum absolute atomic E-state index is 0. The number of terminal acetylenes is 1. The Morgan fingerprint density at radius 1 is 0.452 bits per heavy atom. The third-order valence-corrected chi connectivity index (χ3v) is 51.3. The van der Waals surface area contributed by atoms with E-state index in [1.807, 2.05) is 96.0 Å². The van der Waals surface area contributed by atoms with Crippen LogP contribution in [0.25, 0.3) is 0 Å². The fourth-order valence-corrected chi connectivity index (χ4v) is 55.6. The summed E-state index contributed by atoms with van der Waals surface area (Å²) in [4.78, 5) is 19.8. The van der Waals surface area contributed by atoms with Gasteiger partial charge in [0.15, 0.2) is 0 Å². The van der Waals surface area contributed by atoms with Gasteiger partial charge in [-0.2, -0.15) is 0 Å². The summed E-state index contributed by atoms with van der Waals surface area (Å²) in [7, 11) is 39.8. The smallest absolute Gasteiger partial charge is 0.300 e. The van der Waals surface area contributed by atoms with E-state index in [0.29, 0.717) is 0 Å². The molecule has 62 heavy (non-hydrogen) atoms. The molecule has 2 N–H and O–H groups in total. The fraction of sp³-hybridized carbons (Fsp3) is 0.357. The van der Waals surface area contributed by atoms with Crippen molar-refractivity contribution in [2.24, 2.45) is 0 Å². The summed E-state index contributed by atoms with van der Waals surface area (Å²) in [6.45, 7) is 17.1. The first kappa shape index (κ1) is 88.4. The van der Waals surface area contributed by atoms with Crippen LogP contribution in [0, 0.1) is 47.9 Å². The number of aliphatic carboxylic acids is 2. The molecular weight excluding hydrogens is 1480 g/mol. The van der Waals surface area contributed by atoms with Crippen molar-refractivity contribution in [1.29, 1.82) is 0 Å². The Hall–Kier alpha value is 3.44. The van der Waals surface area contributed by atoms with Crippen molar-refractivity contribution in [3.8, 4) is 47.9 Å². The molecule has 0 rings (SSSR count). The second-order valence-electron chi connectivity index (χ2n) is 6.10. The van der Waals surface area contributed by atoms with E-state index in [1.165, 1.54) is 35.5 Å². The van der Waals surface area contributed by atoms with Crippen LogP contribution < -0.4 is 0 Å². The zero-order valence-corrected chi connectivity index (χ0v) is 59.5. The number of rotatable bonds is 0. The van der Waals surface area contributed by atoms with E-state index < -0.39 is 11.9 Å². The van der Waals surface area contributed by atoms with Crippen molar-refractivity contribution in [1.82, 2.24) is 0 Å². The normalized spacial score (nSPS) is 7.00. The molecule has 0 atom stereocenters. The van der Waals surface area contributed by atoms with Crippen molar-refractivity contribution in [3.05, 3.63) is 47.5 Å². The van der Waals surface area contributed by atoms with Gasteiger partial charge in [0.25, 0.3) is 11.9 Å². The molecule has 0 aromatic rings. The molecule has 4 nitrogen and oxygen atoms in total. The first-order chi connectivity index (χ1) is 29.4. The van der Waals surface area contributed by atoms with E-state index >= 15 is 0 Å². The standard InChI is InChI=1S/3C6H8.C3H5Br.C3H4.2C2H4O2.Pd.S15.S13/c3*1-3-5-6-4-2;1-2-3-4;1-3-2;2*1-2(3)4;;1-3-5-7-9-11-13-15-14-12-10-8-6-4-2;1-3-5-7-9-11-13-12-10-8-6-4-2/h3*3,5H,1-2H3;2-3H,1H3;1H,2H3;2*1H3,(H,3,4);;;/b5-3+;;;3-2+;;;;;;. The minimum atomic E-state index is -0.833. The Bertz CT molecular complexity index is 2440. The Kier molecular flexibility index (Phi) is 158. The van der Waals surface area contributed by atoms with Gasteiger partial charge in [0.2, 0.25) is 0 Å². The number of carbonyl (C=O) groups is 2. The first-order valence-electron chi connectivity index (χ1n) is 14.0. The van der Waals surface area contributed by atoms with E-state index in [2.05, 4.69) is 63.8 Å². The molecule has 0 fully saturated rings. The van der Waals surface area contributed by atoms with Crippen LogP contribution in [0.2, 0.25) is 0 Å². The zero-order chi connectivity index (χ0) is 48.7. The molecule has 0 aromatic heterocycles. The quantitative estimate of drug-likeness (QED) is 0.192. The summed E-state index contributed by atoms with van der Waals surface area (Å²) >= 11 is 21.9. The molecule has 0 aliphatic carbocycles. The summed E-state index contributed by atoms with van der Waals surface area (Å²) in [5.41, 5.74) is 0. The number of carboxylic acid groups (broad SMARTS) is 2. The molecule has 0 spiro atoms. The number of allylic oxidation sites excluding steroid dienone is 7. The Morgan fingerprint density at radius 2 is 0.581 bits per heavy atom. The third kappa shape index (κ3) is 197. The summed E-state index contributed by atoms with van der Waals surface area (Å²) in [6, 6.07) is 0. The predicted octanol–water partition coefficient (Wildman–Crippen LogP) is 7.42. The van der Waals surface area contributed by atoms with Crippen molar-refractivity contribution < 1.29 is 40.2 Å². The summed E-state index contributed by atoms with van der Waals surface area (Å²) in [5, 5.41) is 14.8. The fourth-order valence-electron chi connectivity index (χ4n) is 0.727. The second-order valence-corrected chi connectivity index (χ2v) is 49.1. The van der Waals surface area contributed by atoms with Crippen LogP contribution >= 0.6 is 15.9 Å². The molecular formula is C28H41BrO4PdS28. The van der Waals surface area contributed by atoms with Gasteiger partial charge in [-0.3, -0.25) is 9.59 Å². The monoisotopic (exact) mass is 1520 g/mol. The topological polar surface area (TPSA) is 74.6 Å². The molecule has 0 heterocycles. The van der Waals surface area contributed by atoms with Gasteiger partial charge >= 0.3 is 0 Å². The van der Waals surface area contributed by atoms with E-state index in [1.54, 1.807) is 185 Å². The second kappa shape index (κ2) is 111. The Labute approximate surface area is 481 Å². The minimum Gasteiger partial charge on any atom is -0.481 e. The Morgan fingerprint density at radius 3 is 0.645 bits per heavy atom. The summed E-state index contributed by atoms with van der Waals surface area (Å²) in [5.74, 6) is 17.1. The average Bonchev–Trinajstić information content (AvgIpc) is 3.23. The first-order valence-corrected chi connectivity index (χ1v) is 49.5. The van der Waals surface area contributed by atoms with Gasteiger partial charge in [0, 0.05) is 292 Å². The maximum absolute atomic E-state index is 9.00. The number of hydrogen-bond acceptors (Lipinski definition) is 6. The van der Waals surface area contributed by atoms with Crippen molar-refractivity contribution in [2.45, 2.75) is 69.2 Å². The van der Waals surface area contributed by atoms with E-state index in [0.717, 1.165) is 13.8 Å². The number of halogens is 1. The zero-order valence-electron chi connectivity index (χ0n) is 33.5. The molecule has 34 heteroatoms. The van der Waals surface area contributed by atoms with Gasteiger partial charge in [-0.05, 0) is 78.6 Å². The third-order valence-electron chi connectivity index (χ3n) is 1.92. The molecule has 0 saturated carbocycles. The number of carboxylic acids is 2. The van der Waals surface area contributed by atoms with E-state index in [4.69, 9.17) is 64.6 Å². The SMILES string of the molecule is C#CC.C/C=C/Br.CC#C/C=C/C.CC#CC=CC.CC#CC=CC.CC(=O)O.CC(=O)O.S=S=S=S=S=S=S=S=S=S=S=S=S.S=S=S=S=S=S=S=S=S=S=S=S=S=S=S.[Pd]. The maximum atomic E-state index is 9.00. The van der Waals surface area contributed by atoms with Crippen molar-refractivity contribution >= 4 is 286 Å². The number of hydrogen-bond donors (Lipinski definition) is 2. The van der Waals surface area contributed by atoms with Crippen LogP contribution in [0.15, 0.2) is 47.5 Å². The van der Waals surface area contributed by atoms with Crippen LogP contribution in [0.3, 0.4) is 0 Å². The van der Waals surface area contributed by atoms with Gasteiger partial charge in [-0.15, -0.1) is 30.1 Å². The van der Waals surface area contributed by atoms with Crippen LogP contribution in [0.5, 0.6) is 0 Å². The molecule has 0 aliphatic heterocycles. The summed E-state index contributed by atoms with van der Waals surface area (Å²) in [6.07, 6.45) is 17.7. The van der Waals surface area contributed by atoms with Crippen molar-refractivity contribution in [3.63, 3.8) is 0 Å². The molecule has 0 unspecified atom stereocenters. The molecule has 0 amide bonds. The molecule has 362 valence electrons. The molecule has 0 aliphatic rings. The predicted molar refractivity (Wildman–Crippen MR) is 356 cm³/mol. The van der Waals surface area contributed by atoms with E-state index in [-0.39, 0.29) is 20.4 Å². The van der Waals surface area contributed by atoms with Gasteiger partial charge in [0.1, 0.15) is 0 Å². The van der Waals surface area contributed by atoms with Crippen LogP contribution in [0.4, 0.5) is 0 Å². The van der Waals surface area contributed by atoms with Gasteiger partial charge < -0.3 is 10.2 Å². The largest absolute Gasteiger partial charge is 0.481 e.